The quantitative estimate of drug-likeness (QED) is 0.589. The van der Waals surface area contributed by atoms with Gasteiger partial charge in [0.1, 0.15) is 0 Å². The van der Waals surface area contributed by atoms with Gasteiger partial charge >= 0.3 is 11.8 Å². The van der Waals surface area contributed by atoms with Gasteiger partial charge in [-0.2, -0.15) is 0 Å². The first-order valence-electron chi connectivity index (χ1n) is 8.55. The third-order valence-electron chi connectivity index (χ3n) is 3.76. The average molecular weight is 318 g/mol. The maximum Gasteiger partial charge on any atom is 0.313 e. The number of carbonyl (C=O) groups is 2. The minimum atomic E-state index is -0.602. The van der Waals surface area contributed by atoms with Gasteiger partial charge in [0.05, 0.1) is 0 Å². The van der Waals surface area contributed by atoms with Crippen LogP contribution in [0.5, 0.6) is 0 Å². The number of unbranched alkanes of at least 4 members (excludes halogenated alkanes) is 4. The van der Waals surface area contributed by atoms with Crippen LogP contribution >= 0.6 is 0 Å². The Morgan fingerprint density at radius 1 is 0.957 bits per heavy atom. The molecule has 0 bridgehead atoms. The van der Waals surface area contributed by atoms with Crippen molar-refractivity contribution in [2.24, 2.45) is 0 Å². The van der Waals surface area contributed by atoms with E-state index in [-0.39, 0.29) is 5.41 Å². The zero-order valence-corrected chi connectivity index (χ0v) is 14.9. The van der Waals surface area contributed by atoms with E-state index in [4.69, 9.17) is 0 Å². The minimum Gasteiger partial charge on any atom is -0.348 e. The molecule has 0 unspecified atom stereocenters. The van der Waals surface area contributed by atoms with Crippen LogP contribution in [0, 0.1) is 0 Å². The van der Waals surface area contributed by atoms with Gasteiger partial charge in [-0.05, 0) is 23.5 Å². The van der Waals surface area contributed by atoms with Crippen molar-refractivity contribution in [1.29, 1.82) is 0 Å². The van der Waals surface area contributed by atoms with Crippen molar-refractivity contribution < 1.29 is 9.59 Å². The second-order valence-electron chi connectivity index (χ2n) is 6.92. The summed E-state index contributed by atoms with van der Waals surface area (Å²) < 4.78 is 0. The molecule has 0 aromatic heterocycles. The summed E-state index contributed by atoms with van der Waals surface area (Å²) in [7, 11) is 0. The standard InChI is InChI=1S/C19H30N2O2/c1-5-6-7-8-11-14-20-17(22)18(23)21-16-13-10-9-12-15(16)19(2,3)4/h9-10,12-13H,5-8,11,14H2,1-4H3,(H,20,22)(H,21,23). The predicted molar refractivity (Wildman–Crippen MR) is 95.5 cm³/mol. The van der Waals surface area contributed by atoms with Crippen LogP contribution in [-0.2, 0) is 15.0 Å². The molecule has 4 nitrogen and oxygen atoms in total. The molecule has 0 heterocycles. The Labute approximate surface area is 140 Å². The maximum absolute atomic E-state index is 12.0. The fourth-order valence-corrected chi connectivity index (χ4v) is 2.44. The van der Waals surface area contributed by atoms with E-state index in [0.29, 0.717) is 12.2 Å². The lowest BCUT2D eigenvalue weighted by atomic mass is 9.86. The Balaban J connectivity index is 2.49. The summed E-state index contributed by atoms with van der Waals surface area (Å²) in [4.78, 5) is 23.9. The molecule has 1 rings (SSSR count). The lowest BCUT2D eigenvalue weighted by Crippen LogP contribution is -2.36. The number of para-hydroxylation sites is 1. The summed E-state index contributed by atoms with van der Waals surface area (Å²) in [6.07, 6.45) is 5.59. The summed E-state index contributed by atoms with van der Waals surface area (Å²) in [5, 5.41) is 5.41. The van der Waals surface area contributed by atoms with Crippen LogP contribution in [0.3, 0.4) is 0 Å². The number of amides is 2. The first-order valence-corrected chi connectivity index (χ1v) is 8.55. The Morgan fingerprint density at radius 3 is 2.26 bits per heavy atom. The smallest absolute Gasteiger partial charge is 0.313 e. The maximum atomic E-state index is 12.0. The van der Waals surface area contributed by atoms with Crippen molar-refractivity contribution in [3.63, 3.8) is 0 Å². The van der Waals surface area contributed by atoms with Gasteiger partial charge in [0, 0.05) is 12.2 Å². The molecule has 0 saturated heterocycles. The summed E-state index contributed by atoms with van der Waals surface area (Å²) >= 11 is 0. The largest absolute Gasteiger partial charge is 0.348 e. The molecule has 0 aliphatic carbocycles. The Bertz CT molecular complexity index is 518. The molecule has 0 spiro atoms. The molecule has 0 saturated carbocycles. The normalized spacial score (nSPS) is 11.1. The Hall–Kier alpha value is -1.84. The summed E-state index contributed by atoms with van der Waals surface area (Å²) in [5.74, 6) is -1.17. The van der Waals surface area contributed by atoms with Crippen LogP contribution in [0.4, 0.5) is 5.69 Å². The van der Waals surface area contributed by atoms with Crippen molar-refractivity contribution in [3.8, 4) is 0 Å². The third-order valence-corrected chi connectivity index (χ3v) is 3.76. The number of nitrogens with one attached hydrogen (secondary N) is 2. The molecule has 0 fully saturated rings. The van der Waals surface area contributed by atoms with E-state index in [0.717, 1.165) is 18.4 Å². The zero-order valence-electron chi connectivity index (χ0n) is 14.9. The molecular weight excluding hydrogens is 288 g/mol. The Kier molecular flexibility index (Phi) is 7.79. The lowest BCUT2D eigenvalue weighted by molar-refractivity contribution is -0.136. The van der Waals surface area contributed by atoms with Crippen LogP contribution in [0.2, 0.25) is 0 Å². The molecular formula is C19H30N2O2. The van der Waals surface area contributed by atoms with Gasteiger partial charge in [-0.1, -0.05) is 71.6 Å². The number of carbonyl (C=O) groups excluding carboxylic acids is 2. The van der Waals surface area contributed by atoms with Gasteiger partial charge < -0.3 is 10.6 Å². The second-order valence-corrected chi connectivity index (χ2v) is 6.92. The first kappa shape index (κ1) is 19.2. The highest BCUT2D eigenvalue weighted by atomic mass is 16.2. The molecule has 1 aromatic rings. The predicted octanol–water partition coefficient (Wildman–Crippen LogP) is 4.01. The van der Waals surface area contributed by atoms with Gasteiger partial charge in [0.2, 0.25) is 0 Å². The number of rotatable bonds is 7. The van der Waals surface area contributed by atoms with E-state index in [9.17, 15) is 9.59 Å². The third kappa shape index (κ3) is 6.85. The highest BCUT2D eigenvalue weighted by Gasteiger charge is 2.20. The molecule has 23 heavy (non-hydrogen) atoms. The van der Waals surface area contributed by atoms with Crippen LogP contribution in [0.25, 0.3) is 0 Å². The topological polar surface area (TPSA) is 58.2 Å². The van der Waals surface area contributed by atoms with Crippen LogP contribution in [-0.4, -0.2) is 18.4 Å². The first-order chi connectivity index (χ1) is 10.9. The summed E-state index contributed by atoms with van der Waals surface area (Å²) in [6, 6.07) is 7.60. The Morgan fingerprint density at radius 2 is 1.61 bits per heavy atom. The zero-order chi connectivity index (χ0) is 17.3. The molecule has 0 aliphatic heterocycles. The highest BCUT2D eigenvalue weighted by Crippen LogP contribution is 2.29. The van der Waals surface area contributed by atoms with E-state index < -0.39 is 11.8 Å². The number of benzene rings is 1. The molecule has 2 amide bonds. The number of anilines is 1. The molecule has 1 aromatic carbocycles. The van der Waals surface area contributed by atoms with Crippen molar-refractivity contribution in [2.45, 2.75) is 65.2 Å². The van der Waals surface area contributed by atoms with E-state index in [1.807, 2.05) is 24.3 Å². The fourth-order valence-electron chi connectivity index (χ4n) is 2.44. The monoisotopic (exact) mass is 318 g/mol. The van der Waals surface area contributed by atoms with Crippen LogP contribution in [0.15, 0.2) is 24.3 Å². The molecule has 2 N–H and O–H groups in total. The van der Waals surface area contributed by atoms with Crippen molar-refractivity contribution in [3.05, 3.63) is 29.8 Å². The second kappa shape index (κ2) is 9.33. The van der Waals surface area contributed by atoms with Gasteiger partial charge in [0.25, 0.3) is 0 Å². The van der Waals surface area contributed by atoms with Gasteiger partial charge in [0.15, 0.2) is 0 Å². The lowest BCUT2D eigenvalue weighted by Gasteiger charge is -2.22. The van der Waals surface area contributed by atoms with Gasteiger partial charge in [-0.15, -0.1) is 0 Å². The SMILES string of the molecule is CCCCCCCNC(=O)C(=O)Nc1ccccc1C(C)(C)C. The van der Waals surface area contributed by atoms with E-state index in [1.54, 1.807) is 0 Å². The van der Waals surface area contributed by atoms with Crippen LogP contribution < -0.4 is 10.6 Å². The van der Waals surface area contributed by atoms with E-state index in [1.165, 1.54) is 19.3 Å². The van der Waals surface area contributed by atoms with Gasteiger partial charge in [-0.25, -0.2) is 0 Å². The van der Waals surface area contributed by atoms with Crippen LogP contribution in [0.1, 0.15) is 65.4 Å². The highest BCUT2D eigenvalue weighted by molar-refractivity contribution is 6.39. The average Bonchev–Trinajstić information content (AvgIpc) is 2.50. The summed E-state index contributed by atoms with van der Waals surface area (Å²) in [6.45, 7) is 8.95. The molecule has 128 valence electrons. The molecule has 0 radical (unpaired) electrons. The van der Waals surface area contributed by atoms with E-state index >= 15 is 0 Å². The fraction of sp³-hybridized carbons (Fsp3) is 0.579. The molecule has 0 aliphatic rings. The summed E-state index contributed by atoms with van der Waals surface area (Å²) in [5.41, 5.74) is 1.61. The van der Waals surface area contributed by atoms with Crippen molar-refractivity contribution >= 4 is 17.5 Å². The number of hydrogen-bond donors (Lipinski definition) is 2. The van der Waals surface area contributed by atoms with E-state index in [2.05, 4.69) is 38.3 Å². The minimum absolute atomic E-state index is 0.0976. The molecule has 4 heteroatoms. The number of hydrogen-bond acceptors (Lipinski definition) is 2. The van der Waals surface area contributed by atoms with Crippen molar-refractivity contribution in [1.82, 2.24) is 5.32 Å². The van der Waals surface area contributed by atoms with Crippen molar-refractivity contribution in [2.75, 3.05) is 11.9 Å². The van der Waals surface area contributed by atoms with Gasteiger partial charge in [-0.3, -0.25) is 9.59 Å². The molecule has 0 atom stereocenters.